The Morgan fingerprint density at radius 1 is 0.743 bits per heavy atom. The number of nitrogens with zero attached hydrogens (tertiary/aromatic N) is 2. The summed E-state index contributed by atoms with van der Waals surface area (Å²) < 4.78 is 1.98. The lowest BCUT2D eigenvalue weighted by Gasteiger charge is -2.32. The molecule has 0 fully saturated rings. The molecule has 2 aromatic carbocycles. The van der Waals surface area contributed by atoms with Gasteiger partial charge in [0.25, 0.3) is 0 Å². The highest BCUT2D eigenvalue weighted by atomic mass is 16.4. The molecule has 0 aliphatic rings. The second-order valence-electron chi connectivity index (χ2n) is 11.7. The lowest BCUT2D eigenvalue weighted by atomic mass is 9.78. The lowest BCUT2D eigenvalue weighted by Crippen LogP contribution is -2.42. The van der Waals surface area contributed by atoms with Crippen LogP contribution in [0.2, 0.25) is 0 Å². The van der Waals surface area contributed by atoms with Gasteiger partial charge in [-0.1, -0.05) is 81.4 Å². The Hall–Kier alpha value is -2.70. The van der Waals surface area contributed by atoms with Gasteiger partial charge < -0.3 is 28.8 Å². The number of hydrogen-bond acceptors (Lipinski definition) is 4. The van der Waals surface area contributed by atoms with Gasteiger partial charge in [-0.25, -0.2) is 0 Å². The number of quaternary nitrogens is 2. The van der Waals surface area contributed by atoms with Crippen molar-refractivity contribution in [3.63, 3.8) is 0 Å². The van der Waals surface area contributed by atoms with E-state index in [0.717, 1.165) is 22.1 Å². The van der Waals surface area contributed by atoms with Crippen molar-refractivity contribution >= 4 is 11.9 Å². The second-order valence-corrected chi connectivity index (χ2v) is 11.7. The monoisotopic (exact) mass is 486 g/mol. The number of carboxylic acids is 2. The zero-order chi connectivity index (χ0) is 27.3. The molecule has 2 aromatic rings. The summed E-state index contributed by atoms with van der Waals surface area (Å²) >= 11 is 0. The zero-order valence-electron chi connectivity index (χ0n) is 23.2. The topological polar surface area (TPSA) is 80.3 Å². The van der Waals surface area contributed by atoms with Crippen molar-refractivity contribution in [1.82, 2.24) is 0 Å². The highest BCUT2D eigenvalue weighted by Gasteiger charge is 2.26. The molecule has 0 aromatic heterocycles. The van der Waals surface area contributed by atoms with Crippen LogP contribution in [0.5, 0.6) is 0 Å². The molecular formula is C29H46N2O4. The summed E-state index contributed by atoms with van der Waals surface area (Å²) in [5.74, 6) is -2.55. The minimum Gasteiger partial charge on any atom is -0.550 e. The molecule has 35 heavy (non-hydrogen) atoms. The summed E-state index contributed by atoms with van der Waals surface area (Å²) in [7, 11) is 13.2. The fraction of sp³-hybridized carbons (Fsp3) is 0.517. The third-order valence-electron chi connectivity index (χ3n) is 5.54. The number of carboxylic acid groups (broad SMARTS) is 2. The van der Waals surface area contributed by atoms with Crippen LogP contribution in [-0.4, -0.2) is 63.2 Å². The Labute approximate surface area is 213 Å². The van der Waals surface area contributed by atoms with E-state index in [1.54, 1.807) is 6.92 Å². The van der Waals surface area contributed by atoms with E-state index in [-0.39, 0.29) is 12.3 Å². The first-order chi connectivity index (χ1) is 15.9. The van der Waals surface area contributed by atoms with Gasteiger partial charge in [-0.05, 0) is 18.8 Å². The minimum absolute atomic E-state index is 0.113. The minimum atomic E-state index is -1.15. The maximum atomic E-state index is 10.6. The van der Waals surface area contributed by atoms with Crippen LogP contribution in [0.1, 0.15) is 44.7 Å². The second kappa shape index (κ2) is 14.6. The van der Waals surface area contributed by atoms with Crippen molar-refractivity contribution in [3.8, 4) is 0 Å². The average Bonchev–Trinajstić information content (AvgIpc) is 2.72. The quantitative estimate of drug-likeness (QED) is 0.511. The van der Waals surface area contributed by atoms with E-state index < -0.39 is 17.4 Å². The first kappa shape index (κ1) is 32.3. The standard InChI is InChI=1S/2C10H16N.C9H16O4/c2*1-11(2,3)9-10-7-5-4-6-8-10;1-6(4-5-7(10)11)9(2,3)8(12)13/h2*4-8H,9H2,1-3H3;6H,4-5H2,1-3H3,(H,10,11)(H,12,13)/q2*+1;/p-2. The van der Waals surface area contributed by atoms with Crippen LogP contribution in [0.3, 0.4) is 0 Å². The largest absolute Gasteiger partial charge is 0.550 e. The molecule has 0 bridgehead atoms. The van der Waals surface area contributed by atoms with E-state index in [1.165, 1.54) is 25.0 Å². The van der Waals surface area contributed by atoms with Crippen LogP contribution in [0.4, 0.5) is 0 Å². The number of hydrogen-bond donors (Lipinski definition) is 0. The predicted molar refractivity (Wildman–Crippen MR) is 139 cm³/mol. The normalized spacial score (nSPS) is 12.4. The highest BCUT2D eigenvalue weighted by Crippen LogP contribution is 2.29. The number of aliphatic carboxylic acids is 2. The van der Waals surface area contributed by atoms with Crippen molar-refractivity contribution in [2.24, 2.45) is 11.3 Å². The molecule has 2 rings (SSSR count). The van der Waals surface area contributed by atoms with E-state index in [1.807, 2.05) is 0 Å². The molecule has 196 valence electrons. The van der Waals surface area contributed by atoms with Crippen molar-refractivity contribution in [2.45, 2.75) is 46.7 Å². The van der Waals surface area contributed by atoms with Gasteiger partial charge >= 0.3 is 0 Å². The van der Waals surface area contributed by atoms with Gasteiger partial charge in [0.05, 0.1) is 42.3 Å². The summed E-state index contributed by atoms with van der Waals surface area (Å²) in [6.45, 7) is 6.95. The molecule has 0 heterocycles. The smallest absolute Gasteiger partial charge is 0.104 e. The Bertz CT molecular complexity index is 816. The van der Waals surface area contributed by atoms with Gasteiger partial charge in [-0.15, -0.1) is 0 Å². The third-order valence-corrected chi connectivity index (χ3v) is 5.54. The van der Waals surface area contributed by atoms with Crippen LogP contribution in [0, 0.1) is 11.3 Å². The van der Waals surface area contributed by atoms with Crippen LogP contribution in [0.25, 0.3) is 0 Å². The Kier molecular flexibility index (Phi) is 13.5. The summed E-state index contributed by atoms with van der Waals surface area (Å²) in [5.41, 5.74) is 1.81. The summed E-state index contributed by atoms with van der Waals surface area (Å²) in [5, 5.41) is 20.8. The molecule has 0 amide bonds. The highest BCUT2D eigenvalue weighted by molar-refractivity contribution is 5.72. The van der Waals surface area contributed by atoms with E-state index in [0.29, 0.717) is 6.42 Å². The van der Waals surface area contributed by atoms with E-state index >= 15 is 0 Å². The molecule has 6 nitrogen and oxygen atoms in total. The predicted octanol–water partition coefficient (Wildman–Crippen LogP) is 2.71. The molecule has 0 saturated heterocycles. The molecule has 1 unspecified atom stereocenters. The van der Waals surface area contributed by atoms with Gasteiger partial charge in [-0.3, -0.25) is 0 Å². The first-order valence-electron chi connectivity index (χ1n) is 12.0. The number of rotatable bonds is 9. The van der Waals surface area contributed by atoms with E-state index in [2.05, 4.69) is 103 Å². The van der Waals surface area contributed by atoms with E-state index in [4.69, 9.17) is 0 Å². The van der Waals surface area contributed by atoms with Crippen LogP contribution >= 0.6 is 0 Å². The van der Waals surface area contributed by atoms with Gasteiger partial charge in [0, 0.05) is 28.5 Å². The zero-order valence-corrected chi connectivity index (χ0v) is 23.2. The SMILES string of the molecule is CC(CCC(=O)[O-])C(C)(C)C(=O)[O-].C[N+](C)(C)Cc1ccccc1.C[N+](C)(C)Cc1ccccc1. The van der Waals surface area contributed by atoms with Crippen LogP contribution < -0.4 is 10.2 Å². The Balaban J connectivity index is 0.000000497. The van der Waals surface area contributed by atoms with Crippen LogP contribution in [-0.2, 0) is 22.7 Å². The number of benzene rings is 2. The fourth-order valence-electron chi connectivity index (χ4n) is 3.16. The number of carbonyl (C=O) groups is 2. The van der Waals surface area contributed by atoms with Crippen molar-refractivity contribution < 1.29 is 28.8 Å². The van der Waals surface area contributed by atoms with Gasteiger partial charge in [-0.2, -0.15) is 0 Å². The molecular weight excluding hydrogens is 440 g/mol. The third kappa shape index (κ3) is 16.5. The molecule has 6 heteroatoms. The van der Waals surface area contributed by atoms with E-state index in [9.17, 15) is 19.8 Å². The maximum Gasteiger partial charge on any atom is 0.104 e. The number of carbonyl (C=O) groups excluding carboxylic acids is 2. The maximum absolute atomic E-state index is 10.6. The summed E-state index contributed by atoms with van der Waals surface area (Å²) in [4.78, 5) is 20.8. The molecule has 0 aliphatic heterocycles. The molecule has 0 radical (unpaired) electrons. The van der Waals surface area contributed by atoms with Gasteiger partial charge in [0.1, 0.15) is 13.1 Å². The fourth-order valence-corrected chi connectivity index (χ4v) is 3.16. The van der Waals surface area contributed by atoms with Crippen molar-refractivity contribution in [3.05, 3.63) is 71.8 Å². The first-order valence-corrected chi connectivity index (χ1v) is 12.0. The average molecular weight is 487 g/mol. The van der Waals surface area contributed by atoms with Crippen LogP contribution in [0.15, 0.2) is 60.7 Å². The Morgan fingerprint density at radius 2 is 1.09 bits per heavy atom. The summed E-state index contributed by atoms with van der Waals surface area (Å²) in [6.07, 6.45) is 0.182. The molecule has 0 aliphatic carbocycles. The van der Waals surface area contributed by atoms with Gasteiger partial charge in [0.2, 0.25) is 0 Å². The Morgan fingerprint density at radius 3 is 1.34 bits per heavy atom. The molecule has 0 saturated carbocycles. The summed E-state index contributed by atoms with van der Waals surface area (Å²) in [6, 6.07) is 21.1. The molecule has 0 N–H and O–H groups in total. The molecule has 1 atom stereocenters. The van der Waals surface area contributed by atoms with Crippen molar-refractivity contribution in [2.75, 3.05) is 42.3 Å². The van der Waals surface area contributed by atoms with Crippen molar-refractivity contribution in [1.29, 1.82) is 0 Å². The molecule has 0 spiro atoms. The lowest BCUT2D eigenvalue weighted by molar-refractivity contribution is -0.884. The van der Waals surface area contributed by atoms with Gasteiger partial charge in [0.15, 0.2) is 0 Å².